The highest BCUT2D eigenvalue weighted by Crippen LogP contribution is 2.32. The van der Waals surface area contributed by atoms with Gasteiger partial charge in [0.15, 0.2) is 17.3 Å². The Morgan fingerprint density at radius 3 is 2.58 bits per heavy atom. The lowest BCUT2D eigenvalue weighted by Crippen LogP contribution is -2.35. The summed E-state index contributed by atoms with van der Waals surface area (Å²) in [5, 5.41) is 26.2. The van der Waals surface area contributed by atoms with E-state index in [9.17, 15) is 14.9 Å². The zero-order valence-electron chi connectivity index (χ0n) is 19.6. The van der Waals surface area contributed by atoms with Crippen LogP contribution in [-0.4, -0.2) is 52.2 Å². The molecule has 0 fully saturated rings. The van der Waals surface area contributed by atoms with Crippen molar-refractivity contribution < 1.29 is 23.9 Å². The number of nitrogens with one attached hydrogen (secondary N) is 1. The number of nitro groups is 1. The van der Waals surface area contributed by atoms with Crippen LogP contribution >= 0.6 is 11.8 Å². The number of amides is 1. The number of non-ortho nitro benzene ring substituents is 1. The molecule has 0 bridgehead atoms. The van der Waals surface area contributed by atoms with Crippen molar-refractivity contribution in [3.05, 3.63) is 63.7 Å². The van der Waals surface area contributed by atoms with E-state index in [0.29, 0.717) is 28.0 Å². The molecule has 2 aliphatic rings. The highest BCUT2D eigenvalue weighted by molar-refractivity contribution is 8.26. The van der Waals surface area contributed by atoms with Crippen molar-refractivity contribution in [2.75, 3.05) is 20.3 Å². The van der Waals surface area contributed by atoms with Crippen molar-refractivity contribution in [1.29, 1.82) is 5.41 Å². The molecule has 0 unspecified atom stereocenters. The molecule has 1 amide bonds. The van der Waals surface area contributed by atoms with Gasteiger partial charge in [-0.25, -0.2) is 0 Å². The number of nitro benzene ring substituents is 1. The molecule has 36 heavy (non-hydrogen) atoms. The minimum Gasteiger partial charge on any atom is -0.493 e. The first-order chi connectivity index (χ1) is 17.4. The number of amidine groups is 2. The fourth-order valence-electron chi connectivity index (χ4n) is 3.38. The lowest BCUT2D eigenvalue weighted by molar-refractivity contribution is -0.384. The lowest BCUT2D eigenvalue weighted by Gasteiger charge is -2.20. The smallest absolute Gasteiger partial charge is 0.283 e. The van der Waals surface area contributed by atoms with E-state index >= 15 is 0 Å². The van der Waals surface area contributed by atoms with Gasteiger partial charge in [0.25, 0.3) is 11.6 Å². The Hall–Kier alpha value is -4.19. The molecule has 0 aliphatic carbocycles. The highest BCUT2D eigenvalue weighted by atomic mass is 32.2. The Kier molecular flexibility index (Phi) is 7.64. The van der Waals surface area contributed by atoms with Gasteiger partial charge in [0, 0.05) is 12.1 Å². The number of ether oxygens (including phenoxy) is 3. The first kappa shape index (κ1) is 24.9. The van der Waals surface area contributed by atoms with Crippen LogP contribution in [-0.2, 0) is 4.79 Å². The van der Waals surface area contributed by atoms with E-state index in [-0.39, 0.29) is 30.3 Å². The SMILES string of the molecule is CCCC1=NN2C(=N)C(=Cc3ccc(OCCOc4ccc([N+](=O)[O-])cc4)c(OC)c3)C(=O)N=C2S1. The Morgan fingerprint density at radius 2 is 1.89 bits per heavy atom. The quantitative estimate of drug-likeness (QED) is 0.214. The topological polar surface area (TPSA) is 140 Å². The summed E-state index contributed by atoms with van der Waals surface area (Å²) in [6.45, 7) is 2.46. The maximum Gasteiger partial charge on any atom is 0.283 e. The van der Waals surface area contributed by atoms with E-state index in [2.05, 4.69) is 10.1 Å². The second kappa shape index (κ2) is 11.0. The molecule has 0 aromatic heterocycles. The molecule has 1 N–H and O–H groups in total. The second-order valence-corrected chi connectivity index (χ2v) is 8.66. The Labute approximate surface area is 211 Å². The van der Waals surface area contributed by atoms with Gasteiger partial charge in [0.05, 0.1) is 17.6 Å². The van der Waals surface area contributed by atoms with E-state index in [1.54, 1.807) is 24.3 Å². The fourth-order valence-corrected chi connectivity index (χ4v) is 4.37. The van der Waals surface area contributed by atoms with Gasteiger partial charge in [0.2, 0.25) is 5.17 Å². The summed E-state index contributed by atoms with van der Waals surface area (Å²) in [7, 11) is 1.50. The monoisotopic (exact) mass is 509 g/mol. The van der Waals surface area contributed by atoms with Crippen LogP contribution in [0.15, 0.2) is 58.1 Å². The second-order valence-electron chi connectivity index (χ2n) is 7.62. The first-order valence-electron chi connectivity index (χ1n) is 11.1. The van der Waals surface area contributed by atoms with Gasteiger partial charge in [0.1, 0.15) is 24.0 Å². The molecule has 12 heteroatoms. The lowest BCUT2D eigenvalue weighted by atomic mass is 10.1. The molecule has 2 heterocycles. The third-order valence-electron chi connectivity index (χ3n) is 5.12. The number of rotatable bonds is 10. The van der Waals surface area contributed by atoms with Crippen molar-refractivity contribution in [1.82, 2.24) is 5.01 Å². The molecule has 0 saturated carbocycles. The minimum absolute atomic E-state index is 0.0102. The number of thioether (sulfide) groups is 1. The summed E-state index contributed by atoms with van der Waals surface area (Å²) in [6, 6.07) is 10.9. The molecule has 2 aliphatic heterocycles. The predicted octanol–water partition coefficient (Wildman–Crippen LogP) is 4.48. The van der Waals surface area contributed by atoms with Crippen molar-refractivity contribution in [3.8, 4) is 17.2 Å². The van der Waals surface area contributed by atoms with Gasteiger partial charge >= 0.3 is 0 Å². The van der Waals surface area contributed by atoms with Crippen LogP contribution < -0.4 is 14.2 Å². The largest absolute Gasteiger partial charge is 0.493 e. The number of carbonyl (C=O) groups is 1. The summed E-state index contributed by atoms with van der Waals surface area (Å²) in [4.78, 5) is 26.9. The van der Waals surface area contributed by atoms with Gasteiger partial charge in [-0.05, 0) is 60.5 Å². The van der Waals surface area contributed by atoms with Crippen molar-refractivity contribution in [2.45, 2.75) is 19.8 Å². The van der Waals surface area contributed by atoms with E-state index in [0.717, 1.165) is 17.9 Å². The maximum absolute atomic E-state index is 12.6. The van der Waals surface area contributed by atoms with Crippen LogP contribution in [0.5, 0.6) is 17.2 Å². The Morgan fingerprint density at radius 1 is 1.14 bits per heavy atom. The van der Waals surface area contributed by atoms with Crippen molar-refractivity contribution >= 4 is 45.5 Å². The van der Waals surface area contributed by atoms with Gasteiger partial charge < -0.3 is 14.2 Å². The first-order valence-corrected chi connectivity index (χ1v) is 11.9. The third kappa shape index (κ3) is 5.54. The number of nitrogens with zero attached hydrogens (tertiary/aromatic N) is 4. The summed E-state index contributed by atoms with van der Waals surface area (Å²) < 4.78 is 16.7. The summed E-state index contributed by atoms with van der Waals surface area (Å²) in [5.41, 5.74) is 0.759. The average Bonchev–Trinajstić information content (AvgIpc) is 3.27. The van der Waals surface area contributed by atoms with Gasteiger partial charge in [-0.2, -0.15) is 15.1 Å². The molecule has 0 radical (unpaired) electrons. The van der Waals surface area contributed by atoms with Gasteiger partial charge in [-0.1, -0.05) is 13.0 Å². The van der Waals surface area contributed by atoms with Crippen LogP contribution in [0.1, 0.15) is 25.3 Å². The number of hydrazone groups is 1. The summed E-state index contributed by atoms with van der Waals surface area (Å²) in [6.07, 6.45) is 3.25. The minimum atomic E-state index is -0.491. The molecule has 2 aromatic rings. The number of hydrogen-bond acceptors (Lipinski definition) is 9. The Bertz CT molecular complexity index is 1290. The normalized spacial score (nSPS) is 15.9. The van der Waals surface area contributed by atoms with Crippen LogP contribution in [0.4, 0.5) is 5.69 Å². The molecule has 4 rings (SSSR count). The van der Waals surface area contributed by atoms with E-state index in [1.807, 2.05) is 6.92 Å². The molecule has 0 spiro atoms. The van der Waals surface area contributed by atoms with Crippen molar-refractivity contribution in [2.24, 2.45) is 10.1 Å². The van der Waals surface area contributed by atoms with Crippen molar-refractivity contribution in [3.63, 3.8) is 0 Å². The molecule has 0 atom stereocenters. The number of carbonyl (C=O) groups excluding carboxylic acids is 1. The summed E-state index contributed by atoms with van der Waals surface area (Å²) in [5.74, 6) is 0.896. The van der Waals surface area contributed by atoms with Gasteiger partial charge in [-0.15, -0.1) is 0 Å². The number of methoxy groups -OCH3 is 1. The van der Waals surface area contributed by atoms with Gasteiger partial charge in [-0.3, -0.25) is 20.3 Å². The van der Waals surface area contributed by atoms with Crippen LogP contribution in [0.2, 0.25) is 0 Å². The van der Waals surface area contributed by atoms with Crippen LogP contribution in [0.25, 0.3) is 6.08 Å². The van der Waals surface area contributed by atoms with Crippen LogP contribution in [0.3, 0.4) is 0 Å². The molecular formula is C24H23N5O6S. The fraction of sp³-hybridized carbons (Fsp3) is 0.250. The predicted molar refractivity (Wildman–Crippen MR) is 137 cm³/mol. The number of fused-ring (bicyclic) bond motifs is 1. The Balaban J connectivity index is 1.40. The summed E-state index contributed by atoms with van der Waals surface area (Å²) >= 11 is 1.32. The molecule has 2 aromatic carbocycles. The van der Waals surface area contributed by atoms with E-state index in [1.165, 1.54) is 48.1 Å². The zero-order chi connectivity index (χ0) is 25.7. The molecular weight excluding hydrogens is 486 g/mol. The number of aliphatic imine (C=N–C) groups is 1. The third-order valence-corrected chi connectivity index (χ3v) is 6.08. The van der Waals surface area contributed by atoms with E-state index in [4.69, 9.17) is 19.6 Å². The zero-order valence-corrected chi connectivity index (χ0v) is 20.4. The van der Waals surface area contributed by atoms with Crippen LogP contribution in [0, 0.1) is 15.5 Å². The molecule has 0 saturated heterocycles. The van der Waals surface area contributed by atoms with E-state index < -0.39 is 10.8 Å². The number of hydrogen-bond donors (Lipinski definition) is 1. The number of benzene rings is 2. The molecule has 11 nitrogen and oxygen atoms in total. The highest BCUT2D eigenvalue weighted by Gasteiger charge is 2.35. The standard InChI is InChI=1S/C24H23N5O6S/c1-3-4-21-27-28-22(25)18(23(30)26-24(28)36-21)13-15-5-10-19(20(14-15)33-2)35-12-11-34-17-8-6-16(7-9-17)29(31)32/h5-10,13-14,25H,3-4,11-12H2,1-2H3. The average molecular weight is 510 g/mol. The maximum atomic E-state index is 12.6. The molecule has 186 valence electrons.